The Bertz CT molecular complexity index is 204. The van der Waals surface area contributed by atoms with Gasteiger partial charge in [-0.1, -0.05) is 47.5 Å². The van der Waals surface area contributed by atoms with Gasteiger partial charge in [-0.3, -0.25) is 0 Å². The summed E-state index contributed by atoms with van der Waals surface area (Å²) in [7, 11) is 3.99. The molecule has 2 fully saturated rings. The van der Waals surface area contributed by atoms with Crippen LogP contribution in [0.25, 0.3) is 0 Å². The highest BCUT2D eigenvalue weighted by Crippen LogP contribution is 2.22. The molecule has 2 aliphatic carbocycles. The second-order valence-electron chi connectivity index (χ2n) is 5.99. The van der Waals surface area contributed by atoms with Crippen LogP contribution >= 0.6 is 0 Å². The zero-order valence-electron chi connectivity index (χ0n) is 16.4. The van der Waals surface area contributed by atoms with Crippen molar-refractivity contribution < 1.29 is 5.11 Å². The van der Waals surface area contributed by atoms with Crippen LogP contribution in [0.3, 0.4) is 0 Å². The van der Waals surface area contributed by atoms with E-state index in [1.54, 1.807) is 0 Å². The number of rotatable bonds is 2. The lowest BCUT2D eigenvalue weighted by molar-refractivity contribution is 0.0948. The molecule has 0 amide bonds. The number of aliphatic hydroxyl groups is 1. The Hall–Kier alpha value is -0.120. The van der Waals surface area contributed by atoms with Crippen molar-refractivity contribution in [2.75, 3.05) is 14.1 Å². The van der Waals surface area contributed by atoms with Crippen molar-refractivity contribution in [1.82, 2.24) is 10.6 Å². The van der Waals surface area contributed by atoms with Crippen LogP contribution in [0, 0.1) is 5.92 Å². The van der Waals surface area contributed by atoms with Crippen molar-refractivity contribution in [1.29, 1.82) is 0 Å². The van der Waals surface area contributed by atoms with Crippen LogP contribution in [-0.2, 0) is 0 Å². The van der Waals surface area contributed by atoms with E-state index in [0.29, 0.717) is 6.04 Å². The number of aliphatic hydroxyl groups excluding tert-OH is 1. The summed E-state index contributed by atoms with van der Waals surface area (Å²) < 4.78 is 0. The predicted octanol–water partition coefficient (Wildman–Crippen LogP) is 4.35. The van der Waals surface area contributed by atoms with E-state index in [4.69, 9.17) is 0 Å². The minimum atomic E-state index is -0.0938. The molecule has 0 aliphatic heterocycles. The minimum absolute atomic E-state index is 0.0938. The smallest absolute Gasteiger partial charge is 0.0693 e. The molecule has 0 saturated heterocycles. The average molecular weight is 317 g/mol. The van der Waals surface area contributed by atoms with Gasteiger partial charge in [0, 0.05) is 12.1 Å². The third-order valence-corrected chi connectivity index (χ3v) is 4.52. The Morgan fingerprint density at radius 2 is 1.23 bits per heavy atom. The SMILES string of the molecule is CC.CC.CNC1CCC(C)CC1.CNC1CCCCC1O. The fourth-order valence-electron chi connectivity index (χ4n) is 3.00. The molecular weight excluding hydrogens is 272 g/mol. The van der Waals surface area contributed by atoms with E-state index >= 15 is 0 Å². The van der Waals surface area contributed by atoms with Gasteiger partial charge in [0.1, 0.15) is 0 Å². The highest BCUT2D eigenvalue weighted by Gasteiger charge is 2.20. The predicted molar refractivity (Wildman–Crippen MR) is 100 cm³/mol. The van der Waals surface area contributed by atoms with Crippen LogP contribution in [0.1, 0.15) is 86.0 Å². The monoisotopic (exact) mass is 316 g/mol. The Morgan fingerprint density at radius 3 is 1.59 bits per heavy atom. The lowest BCUT2D eigenvalue weighted by Crippen LogP contribution is -2.39. The van der Waals surface area contributed by atoms with Gasteiger partial charge in [-0.25, -0.2) is 0 Å². The molecule has 136 valence electrons. The molecule has 3 nitrogen and oxygen atoms in total. The van der Waals surface area contributed by atoms with Gasteiger partial charge in [0.2, 0.25) is 0 Å². The molecule has 0 spiro atoms. The number of hydrogen-bond acceptors (Lipinski definition) is 3. The van der Waals surface area contributed by atoms with Crippen molar-refractivity contribution in [2.24, 2.45) is 5.92 Å². The van der Waals surface area contributed by atoms with E-state index in [9.17, 15) is 5.11 Å². The standard InChI is InChI=1S/C8H17N.C7H15NO.2C2H6/c1-7-3-5-8(9-2)6-4-7;1-8-6-4-2-3-5-7(6)9;2*1-2/h7-9H,3-6H2,1-2H3;6-9H,2-5H2,1H3;2*1-2H3. The molecule has 3 N–H and O–H groups in total. The molecule has 0 heterocycles. The first-order chi connectivity index (χ1) is 10.7. The summed E-state index contributed by atoms with van der Waals surface area (Å²) >= 11 is 0. The van der Waals surface area contributed by atoms with E-state index in [2.05, 4.69) is 24.6 Å². The maximum atomic E-state index is 9.31. The third kappa shape index (κ3) is 11.4. The molecule has 2 saturated carbocycles. The summed E-state index contributed by atoms with van der Waals surface area (Å²) in [6.07, 6.45) is 10.1. The van der Waals surface area contributed by atoms with E-state index < -0.39 is 0 Å². The summed E-state index contributed by atoms with van der Waals surface area (Å²) in [6.45, 7) is 10.4. The Labute approximate surface area is 140 Å². The van der Waals surface area contributed by atoms with Gasteiger partial charge >= 0.3 is 0 Å². The van der Waals surface area contributed by atoms with E-state index in [0.717, 1.165) is 24.8 Å². The van der Waals surface area contributed by atoms with Gasteiger partial charge in [-0.05, 0) is 58.5 Å². The molecule has 0 aromatic carbocycles. The second kappa shape index (κ2) is 17.2. The van der Waals surface area contributed by atoms with Gasteiger partial charge in [0.25, 0.3) is 0 Å². The maximum Gasteiger partial charge on any atom is 0.0693 e. The summed E-state index contributed by atoms with van der Waals surface area (Å²) in [6, 6.07) is 1.18. The van der Waals surface area contributed by atoms with Crippen LogP contribution in [0.2, 0.25) is 0 Å². The lowest BCUT2D eigenvalue weighted by atomic mass is 9.87. The van der Waals surface area contributed by atoms with Crippen LogP contribution in [0.5, 0.6) is 0 Å². The van der Waals surface area contributed by atoms with E-state index in [-0.39, 0.29) is 6.10 Å². The molecule has 0 bridgehead atoms. The largest absolute Gasteiger partial charge is 0.392 e. The minimum Gasteiger partial charge on any atom is -0.392 e. The quantitative estimate of drug-likeness (QED) is 0.710. The van der Waals surface area contributed by atoms with Crippen molar-refractivity contribution >= 4 is 0 Å². The molecule has 2 unspecified atom stereocenters. The molecule has 3 heteroatoms. The zero-order chi connectivity index (χ0) is 17.4. The Morgan fingerprint density at radius 1 is 0.727 bits per heavy atom. The van der Waals surface area contributed by atoms with Gasteiger partial charge in [-0.2, -0.15) is 0 Å². The van der Waals surface area contributed by atoms with Crippen molar-refractivity contribution in [3.05, 3.63) is 0 Å². The van der Waals surface area contributed by atoms with E-state index in [1.807, 2.05) is 34.7 Å². The zero-order valence-corrected chi connectivity index (χ0v) is 16.4. The summed E-state index contributed by atoms with van der Waals surface area (Å²) in [5.74, 6) is 0.981. The first-order valence-electron chi connectivity index (χ1n) is 9.70. The number of nitrogens with one attached hydrogen (secondary N) is 2. The van der Waals surface area contributed by atoms with Crippen molar-refractivity contribution in [2.45, 2.75) is 104 Å². The Kier molecular flexibility index (Phi) is 18.9. The molecule has 0 radical (unpaired) electrons. The third-order valence-electron chi connectivity index (χ3n) is 4.52. The second-order valence-corrected chi connectivity index (χ2v) is 5.99. The normalized spacial score (nSPS) is 30.5. The first-order valence-corrected chi connectivity index (χ1v) is 9.70. The van der Waals surface area contributed by atoms with Crippen molar-refractivity contribution in [3.8, 4) is 0 Å². The molecule has 2 rings (SSSR count). The van der Waals surface area contributed by atoms with Crippen LogP contribution < -0.4 is 10.6 Å². The molecule has 0 aromatic rings. The van der Waals surface area contributed by atoms with Gasteiger partial charge < -0.3 is 15.7 Å². The number of hydrogen-bond donors (Lipinski definition) is 3. The highest BCUT2D eigenvalue weighted by molar-refractivity contribution is 4.78. The van der Waals surface area contributed by atoms with Crippen LogP contribution in [0.15, 0.2) is 0 Å². The van der Waals surface area contributed by atoms with Crippen molar-refractivity contribution in [3.63, 3.8) is 0 Å². The maximum absolute atomic E-state index is 9.31. The molecule has 2 aliphatic rings. The van der Waals surface area contributed by atoms with Crippen LogP contribution in [0.4, 0.5) is 0 Å². The van der Waals surface area contributed by atoms with Crippen LogP contribution in [-0.4, -0.2) is 37.4 Å². The topological polar surface area (TPSA) is 44.3 Å². The summed E-state index contributed by atoms with van der Waals surface area (Å²) in [5, 5.41) is 15.7. The van der Waals surface area contributed by atoms with Gasteiger partial charge in [-0.15, -0.1) is 0 Å². The van der Waals surface area contributed by atoms with Gasteiger partial charge in [0.05, 0.1) is 6.10 Å². The molecule has 2 atom stereocenters. The summed E-state index contributed by atoms with van der Waals surface area (Å²) in [4.78, 5) is 0. The summed E-state index contributed by atoms with van der Waals surface area (Å²) in [5.41, 5.74) is 0. The van der Waals surface area contributed by atoms with Gasteiger partial charge in [0.15, 0.2) is 0 Å². The fraction of sp³-hybridized carbons (Fsp3) is 1.00. The highest BCUT2D eigenvalue weighted by atomic mass is 16.3. The Balaban J connectivity index is 0. The molecule has 22 heavy (non-hydrogen) atoms. The average Bonchev–Trinajstić information content (AvgIpc) is 2.60. The molecular formula is C19H44N2O. The molecule has 0 aromatic heterocycles. The van der Waals surface area contributed by atoms with E-state index in [1.165, 1.54) is 38.5 Å². The first kappa shape index (κ1) is 24.1. The number of likely N-dealkylation sites (N-methyl/N-ethyl adjacent to an activating group) is 1. The lowest BCUT2D eigenvalue weighted by Gasteiger charge is -2.26. The fourth-order valence-corrected chi connectivity index (χ4v) is 3.00.